The number of carbonyl (C=O) groups excluding carboxylic acids is 1. The van der Waals surface area contributed by atoms with Crippen LogP contribution in [-0.4, -0.2) is 42.2 Å². The van der Waals surface area contributed by atoms with Crippen molar-refractivity contribution in [1.29, 1.82) is 0 Å². The van der Waals surface area contributed by atoms with Gasteiger partial charge in [-0.05, 0) is 16.8 Å². The molecule has 98 valence electrons. The molecule has 1 heterocycles. The number of phenols is 1. The van der Waals surface area contributed by atoms with Gasteiger partial charge in [0.2, 0.25) is 0 Å². The molecule has 0 unspecified atom stereocenters. The van der Waals surface area contributed by atoms with Crippen LogP contribution in [0, 0.1) is 0 Å². The van der Waals surface area contributed by atoms with Crippen LogP contribution in [0.5, 0.6) is 5.75 Å². The number of phenolic OH excluding ortho intramolecular Hbond substituents is 1. The summed E-state index contributed by atoms with van der Waals surface area (Å²) in [5.74, 6) is -0.0900. The van der Waals surface area contributed by atoms with Gasteiger partial charge in [0.05, 0.1) is 18.8 Å². The Morgan fingerprint density at radius 3 is 2.63 bits per heavy atom. The molecule has 4 nitrogen and oxygen atoms in total. The van der Waals surface area contributed by atoms with Gasteiger partial charge in [0.1, 0.15) is 5.75 Å². The van der Waals surface area contributed by atoms with Gasteiger partial charge in [0, 0.05) is 13.1 Å². The van der Waals surface area contributed by atoms with E-state index in [1.54, 1.807) is 11.0 Å². The lowest BCUT2D eigenvalue weighted by Gasteiger charge is -2.27. The van der Waals surface area contributed by atoms with Gasteiger partial charge in [0.15, 0.2) is 0 Å². The van der Waals surface area contributed by atoms with E-state index in [2.05, 4.69) is 0 Å². The summed E-state index contributed by atoms with van der Waals surface area (Å²) in [5.41, 5.74) is 0.389. The molecule has 2 aromatic rings. The molecule has 4 heteroatoms. The molecule has 0 bridgehead atoms. The molecule has 1 saturated heterocycles. The maximum Gasteiger partial charge on any atom is 0.258 e. The van der Waals surface area contributed by atoms with Crippen LogP contribution in [0.1, 0.15) is 10.4 Å². The van der Waals surface area contributed by atoms with Crippen molar-refractivity contribution in [1.82, 2.24) is 4.90 Å². The van der Waals surface area contributed by atoms with Crippen molar-refractivity contribution in [3.63, 3.8) is 0 Å². The van der Waals surface area contributed by atoms with Gasteiger partial charge < -0.3 is 14.7 Å². The summed E-state index contributed by atoms with van der Waals surface area (Å²) in [4.78, 5) is 14.3. The highest BCUT2D eigenvalue weighted by Crippen LogP contribution is 2.28. The maximum absolute atomic E-state index is 12.5. The molecule has 1 fully saturated rings. The van der Waals surface area contributed by atoms with Gasteiger partial charge in [-0.25, -0.2) is 0 Å². The Morgan fingerprint density at radius 2 is 1.84 bits per heavy atom. The summed E-state index contributed by atoms with van der Waals surface area (Å²) in [7, 11) is 0. The van der Waals surface area contributed by atoms with Crippen LogP contribution in [0.15, 0.2) is 36.4 Å². The number of hydrogen-bond acceptors (Lipinski definition) is 3. The van der Waals surface area contributed by atoms with Crippen LogP contribution in [0.25, 0.3) is 10.8 Å². The Hall–Kier alpha value is -2.07. The van der Waals surface area contributed by atoms with E-state index in [0.29, 0.717) is 31.9 Å². The lowest BCUT2D eigenvalue weighted by molar-refractivity contribution is 0.0302. The molecular formula is C15H15NO3. The summed E-state index contributed by atoms with van der Waals surface area (Å²) in [6, 6.07) is 11.0. The quantitative estimate of drug-likeness (QED) is 0.850. The number of rotatable bonds is 1. The number of amides is 1. The molecule has 2 aromatic carbocycles. The van der Waals surface area contributed by atoms with Gasteiger partial charge in [-0.15, -0.1) is 0 Å². The van der Waals surface area contributed by atoms with E-state index in [1.165, 1.54) is 0 Å². The first kappa shape index (κ1) is 12.0. The molecule has 3 rings (SSSR count). The van der Waals surface area contributed by atoms with Crippen LogP contribution in [0.3, 0.4) is 0 Å². The molecule has 19 heavy (non-hydrogen) atoms. The third-order valence-electron chi connectivity index (χ3n) is 3.42. The lowest BCUT2D eigenvalue weighted by Crippen LogP contribution is -2.40. The number of morpholine rings is 1. The monoisotopic (exact) mass is 257 g/mol. The number of nitrogens with zero attached hydrogens (tertiary/aromatic N) is 1. The summed E-state index contributed by atoms with van der Waals surface area (Å²) in [6.07, 6.45) is 0. The number of carbonyl (C=O) groups is 1. The second-order valence-corrected chi connectivity index (χ2v) is 4.59. The lowest BCUT2D eigenvalue weighted by atomic mass is 10.0. The highest BCUT2D eigenvalue weighted by molar-refractivity contribution is 6.09. The molecule has 0 aromatic heterocycles. The van der Waals surface area contributed by atoms with Crippen LogP contribution in [0.2, 0.25) is 0 Å². The summed E-state index contributed by atoms with van der Waals surface area (Å²) in [5, 5.41) is 11.8. The van der Waals surface area contributed by atoms with Crippen molar-refractivity contribution < 1.29 is 14.6 Å². The first-order chi connectivity index (χ1) is 9.27. The first-order valence-electron chi connectivity index (χ1n) is 6.35. The highest BCUT2D eigenvalue weighted by Gasteiger charge is 2.22. The molecule has 0 saturated carbocycles. The van der Waals surface area contributed by atoms with Crippen molar-refractivity contribution >= 4 is 16.7 Å². The largest absolute Gasteiger partial charge is 0.507 e. The van der Waals surface area contributed by atoms with E-state index in [1.807, 2.05) is 30.3 Å². The average Bonchev–Trinajstić information content (AvgIpc) is 2.47. The van der Waals surface area contributed by atoms with E-state index < -0.39 is 0 Å². The van der Waals surface area contributed by atoms with E-state index in [0.717, 1.165) is 10.8 Å². The zero-order chi connectivity index (χ0) is 13.2. The molecule has 0 spiro atoms. The summed E-state index contributed by atoms with van der Waals surface area (Å²) in [6.45, 7) is 2.25. The molecular weight excluding hydrogens is 242 g/mol. The van der Waals surface area contributed by atoms with E-state index in [9.17, 15) is 9.90 Å². The molecule has 1 aliphatic heterocycles. The minimum atomic E-state index is -0.127. The molecule has 1 N–H and O–H groups in total. The number of ether oxygens (including phenoxy) is 1. The number of hydrogen-bond donors (Lipinski definition) is 1. The van der Waals surface area contributed by atoms with Gasteiger partial charge in [-0.1, -0.05) is 30.3 Å². The van der Waals surface area contributed by atoms with Crippen LogP contribution in [-0.2, 0) is 4.74 Å². The number of aromatic hydroxyl groups is 1. The van der Waals surface area contributed by atoms with Crippen molar-refractivity contribution in [2.24, 2.45) is 0 Å². The SMILES string of the molecule is O=C(c1c(O)ccc2ccccc12)N1CCOCC1. The Morgan fingerprint density at radius 1 is 1.11 bits per heavy atom. The predicted octanol–water partition coefficient (Wildman–Crippen LogP) is 2.02. The van der Waals surface area contributed by atoms with Crippen molar-refractivity contribution in [2.45, 2.75) is 0 Å². The van der Waals surface area contributed by atoms with Crippen LogP contribution in [0.4, 0.5) is 0 Å². The second-order valence-electron chi connectivity index (χ2n) is 4.59. The fraction of sp³-hybridized carbons (Fsp3) is 0.267. The predicted molar refractivity (Wildman–Crippen MR) is 72.3 cm³/mol. The Balaban J connectivity index is 2.08. The van der Waals surface area contributed by atoms with E-state index in [-0.39, 0.29) is 11.7 Å². The first-order valence-corrected chi connectivity index (χ1v) is 6.35. The Bertz CT molecular complexity index is 618. The summed E-state index contributed by atoms with van der Waals surface area (Å²) < 4.78 is 5.25. The van der Waals surface area contributed by atoms with Gasteiger partial charge in [-0.2, -0.15) is 0 Å². The second kappa shape index (κ2) is 4.90. The Labute approximate surface area is 111 Å². The molecule has 1 aliphatic rings. The fourth-order valence-corrected chi connectivity index (χ4v) is 2.41. The van der Waals surface area contributed by atoms with Gasteiger partial charge in [0.25, 0.3) is 5.91 Å². The van der Waals surface area contributed by atoms with Gasteiger partial charge >= 0.3 is 0 Å². The third-order valence-corrected chi connectivity index (χ3v) is 3.42. The normalized spacial score (nSPS) is 15.7. The number of fused-ring (bicyclic) bond motifs is 1. The standard InChI is InChI=1S/C15H15NO3/c17-13-6-5-11-3-1-2-4-12(11)14(13)15(18)16-7-9-19-10-8-16/h1-6,17H,7-10H2. The van der Waals surface area contributed by atoms with Crippen molar-refractivity contribution in [3.8, 4) is 5.75 Å². The van der Waals surface area contributed by atoms with E-state index in [4.69, 9.17) is 4.74 Å². The Kier molecular flexibility index (Phi) is 3.09. The smallest absolute Gasteiger partial charge is 0.258 e. The molecule has 0 radical (unpaired) electrons. The highest BCUT2D eigenvalue weighted by atomic mass is 16.5. The van der Waals surface area contributed by atoms with Crippen LogP contribution >= 0.6 is 0 Å². The third kappa shape index (κ3) is 2.15. The summed E-state index contributed by atoms with van der Waals surface area (Å²) >= 11 is 0. The number of benzene rings is 2. The average molecular weight is 257 g/mol. The van der Waals surface area contributed by atoms with Crippen molar-refractivity contribution in [3.05, 3.63) is 42.0 Å². The van der Waals surface area contributed by atoms with Gasteiger partial charge in [-0.3, -0.25) is 4.79 Å². The zero-order valence-corrected chi connectivity index (χ0v) is 10.5. The van der Waals surface area contributed by atoms with E-state index >= 15 is 0 Å². The minimum Gasteiger partial charge on any atom is -0.507 e. The molecule has 0 aliphatic carbocycles. The molecule has 0 atom stereocenters. The minimum absolute atomic E-state index is 0.0372. The molecule has 1 amide bonds. The zero-order valence-electron chi connectivity index (χ0n) is 10.5. The van der Waals surface area contributed by atoms with Crippen LogP contribution < -0.4 is 0 Å². The maximum atomic E-state index is 12.5. The van der Waals surface area contributed by atoms with Crippen molar-refractivity contribution in [2.75, 3.05) is 26.3 Å². The fourth-order valence-electron chi connectivity index (χ4n) is 2.41. The topological polar surface area (TPSA) is 49.8 Å².